The molecule has 0 N–H and O–H groups in total. The fraction of sp³-hybridized carbons (Fsp3) is 0.529. The molecule has 106 valence electrons. The van der Waals surface area contributed by atoms with Gasteiger partial charge in [-0.1, -0.05) is 29.9 Å². The summed E-state index contributed by atoms with van der Waals surface area (Å²) in [6, 6.07) is 0.273. The molecular weight excluding hydrogens is 268 g/mol. The van der Waals surface area contributed by atoms with Crippen LogP contribution in [0.2, 0.25) is 0 Å². The fourth-order valence-corrected chi connectivity index (χ4v) is 3.12. The Morgan fingerprint density at radius 1 is 1.40 bits per heavy atom. The topological polar surface area (TPSA) is 24.7 Å². The van der Waals surface area contributed by atoms with E-state index in [4.69, 9.17) is 16.6 Å². The predicted molar refractivity (Wildman–Crippen MR) is 87.2 cm³/mol. The van der Waals surface area contributed by atoms with Gasteiger partial charge in [0, 0.05) is 11.9 Å². The van der Waals surface area contributed by atoms with Gasteiger partial charge in [0.1, 0.15) is 0 Å². The maximum atomic E-state index is 6.38. The molecule has 0 aromatic carbocycles. The van der Waals surface area contributed by atoms with Gasteiger partial charge in [0.05, 0.1) is 18.0 Å². The second-order valence-corrected chi connectivity index (χ2v) is 6.41. The number of alkyl halides is 1. The van der Waals surface area contributed by atoms with E-state index in [-0.39, 0.29) is 11.4 Å². The Bertz CT molecular complexity index is 499. The van der Waals surface area contributed by atoms with Crippen molar-refractivity contribution in [1.29, 1.82) is 0 Å². The Balaban J connectivity index is 1.42. The third kappa shape index (κ3) is 3.69. The standard InChI is InChI=1S/C17H21ClN2/c18-15(4-6-16-3-1-2-8-19-16)5-7-17-11-13-9-14(10-13)12-20-17/h1-2,4,6,8-9,13,15-16H,3,5,7,10-12H2. The van der Waals surface area contributed by atoms with E-state index < -0.39 is 0 Å². The zero-order valence-electron chi connectivity index (χ0n) is 11.7. The molecule has 0 aromatic heterocycles. The van der Waals surface area contributed by atoms with E-state index in [0.717, 1.165) is 38.1 Å². The Labute approximate surface area is 126 Å². The van der Waals surface area contributed by atoms with Crippen LogP contribution in [-0.4, -0.2) is 29.9 Å². The van der Waals surface area contributed by atoms with Crippen LogP contribution in [0.3, 0.4) is 0 Å². The first kappa shape index (κ1) is 13.8. The molecule has 0 radical (unpaired) electrons. The van der Waals surface area contributed by atoms with E-state index in [1.807, 2.05) is 12.3 Å². The molecular formula is C17H21ClN2. The lowest BCUT2D eigenvalue weighted by atomic mass is 9.84. The molecule has 0 amide bonds. The largest absolute Gasteiger partial charge is 0.290 e. The Morgan fingerprint density at radius 2 is 2.30 bits per heavy atom. The second-order valence-electron chi connectivity index (χ2n) is 5.84. The van der Waals surface area contributed by atoms with Crippen LogP contribution in [0.4, 0.5) is 0 Å². The van der Waals surface area contributed by atoms with Crippen molar-refractivity contribution in [2.45, 2.75) is 43.5 Å². The molecule has 2 bridgehead atoms. The lowest BCUT2D eigenvalue weighted by Gasteiger charge is -2.20. The highest BCUT2D eigenvalue weighted by atomic mass is 35.5. The zero-order chi connectivity index (χ0) is 13.8. The summed E-state index contributed by atoms with van der Waals surface area (Å²) in [5, 5.41) is 0.0914. The van der Waals surface area contributed by atoms with Crippen molar-refractivity contribution < 1.29 is 0 Å². The highest BCUT2D eigenvalue weighted by molar-refractivity contribution is 6.21. The summed E-state index contributed by atoms with van der Waals surface area (Å²) in [4.78, 5) is 9.09. The van der Waals surface area contributed by atoms with Gasteiger partial charge in [-0.2, -0.15) is 0 Å². The molecule has 1 aliphatic carbocycles. The van der Waals surface area contributed by atoms with Gasteiger partial charge in [0.15, 0.2) is 0 Å². The van der Waals surface area contributed by atoms with Gasteiger partial charge in [0.2, 0.25) is 0 Å². The summed E-state index contributed by atoms with van der Waals surface area (Å²) in [5.74, 6) is 0.763. The number of fused-ring (bicyclic) bond motifs is 2. The summed E-state index contributed by atoms with van der Waals surface area (Å²) in [6.07, 6.45) is 18.0. The van der Waals surface area contributed by atoms with Crippen LogP contribution in [0, 0.1) is 5.92 Å². The van der Waals surface area contributed by atoms with E-state index >= 15 is 0 Å². The number of hydrogen-bond acceptors (Lipinski definition) is 2. The van der Waals surface area contributed by atoms with Crippen LogP contribution in [-0.2, 0) is 0 Å². The monoisotopic (exact) mass is 288 g/mol. The Hall–Kier alpha value is -1.15. The summed E-state index contributed by atoms with van der Waals surface area (Å²) in [5.41, 5.74) is 2.88. The first-order chi connectivity index (χ1) is 9.79. The molecule has 3 atom stereocenters. The lowest BCUT2D eigenvalue weighted by molar-refractivity contribution is 0.603. The van der Waals surface area contributed by atoms with E-state index in [2.05, 4.69) is 29.3 Å². The van der Waals surface area contributed by atoms with E-state index in [1.165, 1.54) is 17.7 Å². The number of aliphatic imine (C=N–C) groups is 2. The minimum Gasteiger partial charge on any atom is -0.290 e. The number of rotatable bonds is 5. The van der Waals surface area contributed by atoms with Gasteiger partial charge in [-0.25, -0.2) is 0 Å². The van der Waals surface area contributed by atoms with Crippen LogP contribution < -0.4 is 0 Å². The first-order valence-corrected chi connectivity index (χ1v) is 7.96. The molecule has 3 unspecified atom stereocenters. The van der Waals surface area contributed by atoms with Crippen LogP contribution in [0.1, 0.15) is 32.1 Å². The van der Waals surface area contributed by atoms with E-state index in [1.54, 1.807) is 0 Å². The minimum absolute atomic E-state index is 0.0914. The maximum absolute atomic E-state index is 6.38. The van der Waals surface area contributed by atoms with Crippen molar-refractivity contribution in [3.8, 4) is 0 Å². The quantitative estimate of drug-likeness (QED) is 0.537. The first-order valence-electron chi connectivity index (χ1n) is 7.52. The average molecular weight is 289 g/mol. The van der Waals surface area contributed by atoms with E-state index in [9.17, 15) is 0 Å². The molecule has 0 aromatic rings. The van der Waals surface area contributed by atoms with Crippen molar-refractivity contribution >= 4 is 23.5 Å². The predicted octanol–water partition coefficient (Wildman–Crippen LogP) is 4.12. The molecule has 0 fully saturated rings. The number of allylic oxidation sites excluding steroid dienone is 3. The van der Waals surface area contributed by atoms with Crippen molar-refractivity contribution in [3.05, 3.63) is 36.0 Å². The smallest absolute Gasteiger partial charge is 0.0714 e. The van der Waals surface area contributed by atoms with Crippen molar-refractivity contribution in [3.63, 3.8) is 0 Å². The van der Waals surface area contributed by atoms with Crippen molar-refractivity contribution in [2.24, 2.45) is 15.9 Å². The summed E-state index contributed by atoms with van der Waals surface area (Å²) >= 11 is 6.38. The third-order valence-corrected chi connectivity index (χ3v) is 4.49. The molecule has 4 rings (SSSR count). The van der Waals surface area contributed by atoms with Crippen LogP contribution in [0.15, 0.2) is 45.9 Å². The fourth-order valence-electron chi connectivity index (χ4n) is 2.92. The van der Waals surface area contributed by atoms with Gasteiger partial charge in [0.25, 0.3) is 0 Å². The van der Waals surface area contributed by atoms with Crippen molar-refractivity contribution in [1.82, 2.24) is 0 Å². The third-order valence-electron chi connectivity index (χ3n) is 4.13. The average Bonchev–Trinajstić information content (AvgIpc) is 2.76. The SMILES string of the molecule is ClC(C=CC1CC=CC=N1)CCC1=NCC2=CC(C2)C1. The number of hydrogen-bond donors (Lipinski definition) is 0. The summed E-state index contributed by atoms with van der Waals surface area (Å²) in [6.45, 7) is 0.928. The molecule has 3 heteroatoms. The molecule has 2 nitrogen and oxygen atoms in total. The summed E-state index contributed by atoms with van der Waals surface area (Å²) < 4.78 is 0. The number of nitrogens with zero attached hydrogens (tertiary/aromatic N) is 2. The van der Waals surface area contributed by atoms with Gasteiger partial charge in [-0.3, -0.25) is 9.98 Å². The van der Waals surface area contributed by atoms with Crippen LogP contribution >= 0.6 is 11.6 Å². The molecule has 20 heavy (non-hydrogen) atoms. The maximum Gasteiger partial charge on any atom is 0.0714 e. The van der Waals surface area contributed by atoms with Gasteiger partial charge in [-0.15, -0.1) is 11.6 Å². The normalized spacial score (nSPS) is 29.6. The molecule has 0 saturated heterocycles. The van der Waals surface area contributed by atoms with Gasteiger partial charge >= 0.3 is 0 Å². The molecule has 3 aliphatic heterocycles. The molecule has 0 spiro atoms. The highest BCUT2D eigenvalue weighted by Crippen LogP contribution is 2.32. The summed E-state index contributed by atoms with van der Waals surface area (Å²) in [7, 11) is 0. The lowest BCUT2D eigenvalue weighted by Crippen LogP contribution is -2.12. The second kappa shape index (κ2) is 6.53. The number of dihydropyridines is 1. The highest BCUT2D eigenvalue weighted by Gasteiger charge is 2.23. The van der Waals surface area contributed by atoms with Gasteiger partial charge in [-0.05, 0) is 44.1 Å². The Kier molecular flexibility index (Phi) is 4.51. The van der Waals surface area contributed by atoms with Crippen LogP contribution in [0.5, 0.6) is 0 Å². The van der Waals surface area contributed by atoms with Crippen LogP contribution in [0.25, 0.3) is 0 Å². The molecule has 4 aliphatic rings. The van der Waals surface area contributed by atoms with Gasteiger partial charge < -0.3 is 0 Å². The zero-order valence-corrected chi connectivity index (χ0v) is 12.5. The number of halogens is 1. The molecule has 0 saturated carbocycles. The molecule has 3 heterocycles. The van der Waals surface area contributed by atoms with Crippen molar-refractivity contribution in [2.75, 3.05) is 6.54 Å². The Morgan fingerprint density at radius 3 is 3.10 bits per heavy atom. The minimum atomic E-state index is 0.0914. The van der Waals surface area contributed by atoms with E-state index in [0.29, 0.717) is 0 Å².